The fraction of sp³-hybridized carbons (Fsp3) is 0.667. The quantitative estimate of drug-likeness (QED) is 0.450. The molecule has 0 aromatic heterocycles. The zero-order chi connectivity index (χ0) is 9.78. The van der Waals surface area contributed by atoms with E-state index in [-0.39, 0.29) is 6.61 Å². The first kappa shape index (κ1) is 12.4. The second-order valence-corrected chi connectivity index (χ2v) is 3.20. The molecule has 0 aliphatic carbocycles. The number of rotatable bonds is 8. The fourth-order valence-corrected chi connectivity index (χ4v) is 1.13. The standard InChI is InChI=1S/C12H22O/c1-2-3-4-5-6-7-8-9-10-11-12-13/h6-7,10-11,13H,2-5,8-9,12H2,1H3/b7-6+,11-10+. The zero-order valence-electron chi connectivity index (χ0n) is 8.71. The lowest BCUT2D eigenvalue weighted by atomic mass is 10.2. The van der Waals surface area contributed by atoms with Crippen LogP contribution in [0.5, 0.6) is 0 Å². The van der Waals surface area contributed by atoms with Gasteiger partial charge in [-0.05, 0) is 25.7 Å². The van der Waals surface area contributed by atoms with Crippen LogP contribution in [-0.4, -0.2) is 11.7 Å². The van der Waals surface area contributed by atoms with Gasteiger partial charge in [0.05, 0.1) is 6.61 Å². The predicted octanol–water partition coefficient (Wildman–Crippen LogP) is 3.45. The number of aliphatic hydroxyl groups excluding tert-OH is 1. The van der Waals surface area contributed by atoms with Crippen molar-refractivity contribution in [2.45, 2.75) is 45.4 Å². The van der Waals surface area contributed by atoms with E-state index in [9.17, 15) is 0 Å². The van der Waals surface area contributed by atoms with Gasteiger partial charge in [0, 0.05) is 0 Å². The van der Waals surface area contributed by atoms with Crippen LogP contribution in [0.2, 0.25) is 0 Å². The number of unbranched alkanes of at least 4 members (excludes halogenated alkanes) is 4. The summed E-state index contributed by atoms with van der Waals surface area (Å²) < 4.78 is 0. The molecule has 76 valence electrons. The highest BCUT2D eigenvalue weighted by atomic mass is 16.2. The molecule has 0 spiro atoms. The Kier molecular flexibility index (Phi) is 10.9. The van der Waals surface area contributed by atoms with Crippen LogP contribution in [0.25, 0.3) is 0 Å². The maximum absolute atomic E-state index is 8.46. The molecule has 0 unspecified atom stereocenters. The summed E-state index contributed by atoms with van der Waals surface area (Å²) in [5.74, 6) is 0. The van der Waals surface area contributed by atoms with Gasteiger partial charge in [-0.25, -0.2) is 0 Å². The van der Waals surface area contributed by atoms with Crippen LogP contribution < -0.4 is 0 Å². The van der Waals surface area contributed by atoms with E-state index in [1.165, 1.54) is 25.7 Å². The van der Waals surface area contributed by atoms with E-state index < -0.39 is 0 Å². The maximum Gasteiger partial charge on any atom is 0.0612 e. The van der Waals surface area contributed by atoms with Gasteiger partial charge in [0.15, 0.2) is 0 Å². The van der Waals surface area contributed by atoms with E-state index in [0.717, 1.165) is 12.8 Å². The van der Waals surface area contributed by atoms with Gasteiger partial charge in [-0.3, -0.25) is 0 Å². The van der Waals surface area contributed by atoms with Crippen LogP contribution in [0.4, 0.5) is 0 Å². The molecule has 0 amide bonds. The van der Waals surface area contributed by atoms with Crippen LogP contribution in [0, 0.1) is 0 Å². The third-order valence-electron chi connectivity index (χ3n) is 1.91. The monoisotopic (exact) mass is 182 g/mol. The fourth-order valence-electron chi connectivity index (χ4n) is 1.13. The Morgan fingerprint density at radius 2 is 1.46 bits per heavy atom. The van der Waals surface area contributed by atoms with Crippen molar-refractivity contribution in [3.8, 4) is 0 Å². The molecule has 0 saturated heterocycles. The van der Waals surface area contributed by atoms with E-state index in [0.29, 0.717) is 0 Å². The molecule has 0 radical (unpaired) electrons. The molecule has 0 aliphatic heterocycles. The molecular weight excluding hydrogens is 160 g/mol. The van der Waals surface area contributed by atoms with Crippen molar-refractivity contribution < 1.29 is 5.11 Å². The third kappa shape index (κ3) is 11.4. The number of aliphatic hydroxyl groups is 1. The minimum absolute atomic E-state index is 0.167. The van der Waals surface area contributed by atoms with Gasteiger partial charge >= 0.3 is 0 Å². The summed E-state index contributed by atoms with van der Waals surface area (Å²) in [4.78, 5) is 0. The summed E-state index contributed by atoms with van der Waals surface area (Å²) in [6.45, 7) is 2.39. The summed E-state index contributed by atoms with van der Waals surface area (Å²) >= 11 is 0. The normalized spacial score (nSPS) is 11.8. The van der Waals surface area contributed by atoms with Gasteiger partial charge in [-0.15, -0.1) is 0 Å². The van der Waals surface area contributed by atoms with E-state index in [1.807, 2.05) is 6.08 Å². The smallest absolute Gasteiger partial charge is 0.0612 e. The Hall–Kier alpha value is -0.560. The first-order valence-electron chi connectivity index (χ1n) is 5.32. The maximum atomic E-state index is 8.46. The number of hydrogen-bond acceptors (Lipinski definition) is 1. The summed E-state index contributed by atoms with van der Waals surface area (Å²) in [6, 6.07) is 0. The summed E-state index contributed by atoms with van der Waals surface area (Å²) in [5.41, 5.74) is 0. The van der Waals surface area contributed by atoms with Crippen LogP contribution in [0.15, 0.2) is 24.3 Å². The Balaban J connectivity index is 3.07. The van der Waals surface area contributed by atoms with Gasteiger partial charge in [0.1, 0.15) is 0 Å². The van der Waals surface area contributed by atoms with E-state index in [4.69, 9.17) is 5.11 Å². The van der Waals surface area contributed by atoms with Crippen molar-refractivity contribution in [3.63, 3.8) is 0 Å². The van der Waals surface area contributed by atoms with Crippen LogP contribution >= 0.6 is 0 Å². The molecular formula is C12H22O. The molecule has 0 atom stereocenters. The van der Waals surface area contributed by atoms with Crippen molar-refractivity contribution in [2.75, 3.05) is 6.61 Å². The zero-order valence-corrected chi connectivity index (χ0v) is 8.71. The van der Waals surface area contributed by atoms with Crippen molar-refractivity contribution in [1.29, 1.82) is 0 Å². The van der Waals surface area contributed by atoms with Gasteiger partial charge in [-0.2, -0.15) is 0 Å². The third-order valence-corrected chi connectivity index (χ3v) is 1.91. The minimum atomic E-state index is 0.167. The van der Waals surface area contributed by atoms with Gasteiger partial charge in [-0.1, -0.05) is 44.1 Å². The Morgan fingerprint density at radius 3 is 2.08 bits per heavy atom. The summed E-state index contributed by atoms with van der Waals surface area (Å²) in [6.07, 6.45) is 15.6. The first-order chi connectivity index (χ1) is 6.41. The Labute approximate surface area is 82.2 Å². The van der Waals surface area contributed by atoms with Crippen LogP contribution in [0.3, 0.4) is 0 Å². The van der Waals surface area contributed by atoms with Gasteiger partial charge < -0.3 is 5.11 Å². The first-order valence-corrected chi connectivity index (χ1v) is 5.32. The average molecular weight is 182 g/mol. The molecule has 0 aromatic rings. The molecule has 0 aliphatic rings. The van der Waals surface area contributed by atoms with E-state index in [1.54, 1.807) is 6.08 Å². The number of allylic oxidation sites excluding steroid dienone is 3. The van der Waals surface area contributed by atoms with E-state index in [2.05, 4.69) is 19.1 Å². The Bertz CT molecular complexity index is 136. The predicted molar refractivity (Wildman–Crippen MR) is 58.7 cm³/mol. The molecule has 0 aromatic carbocycles. The molecule has 1 N–H and O–H groups in total. The lowest BCUT2D eigenvalue weighted by Crippen LogP contribution is -1.72. The largest absolute Gasteiger partial charge is 0.392 e. The minimum Gasteiger partial charge on any atom is -0.392 e. The van der Waals surface area contributed by atoms with Gasteiger partial charge in [0.25, 0.3) is 0 Å². The lowest BCUT2D eigenvalue weighted by molar-refractivity contribution is 0.342. The topological polar surface area (TPSA) is 20.2 Å². The van der Waals surface area contributed by atoms with Crippen molar-refractivity contribution in [1.82, 2.24) is 0 Å². The van der Waals surface area contributed by atoms with E-state index >= 15 is 0 Å². The molecule has 0 bridgehead atoms. The second-order valence-electron chi connectivity index (χ2n) is 3.20. The molecule has 0 rings (SSSR count). The summed E-state index contributed by atoms with van der Waals surface area (Å²) in [7, 11) is 0. The van der Waals surface area contributed by atoms with Crippen LogP contribution in [0.1, 0.15) is 45.4 Å². The molecule has 1 heteroatoms. The number of hydrogen-bond donors (Lipinski definition) is 1. The van der Waals surface area contributed by atoms with Gasteiger partial charge in [0.2, 0.25) is 0 Å². The van der Waals surface area contributed by atoms with Crippen LogP contribution in [-0.2, 0) is 0 Å². The Morgan fingerprint density at radius 1 is 0.846 bits per heavy atom. The molecule has 0 saturated carbocycles. The van der Waals surface area contributed by atoms with Crippen molar-refractivity contribution in [2.24, 2.45) is 0 Å². The SMILES string of the molecule is CCCCC/C=C/CC/C=C/CO. The van der Waals surface area contributed by atoms with Crippen molar-refractivity contribution in [3.05, 3.63) is 24.3 Å². The molecule has 1 nitrogen and oxygen atoms in total. The highest BCUT2D eigenvalue weighted by molar-refractivity contribution is 4.87. The molecule has 13 heavy (non-hydrogen) atoms. The lowest BCUT2D eigenvalue weighted by Gasteiger charge is -1.91. The highest BCUT2D eigenvalue weighted by Gasteiger charge is 1.81. The summed E-state index contributed by atoms with van der Waals surface area (Å²) in [5, 5.41) is 8.46. The molecule has 0 fully saturated rings. The van der Waals surface area contributed by atoms with Crippen molar-refractivity contribution >= 4 is 0 Å². The average Bonchev–Trinajstić information content (AvgIpc) is 2.16. The molecule has 0 heterocycles. The second kappa shape index (κ2) is 11.4. The highest BCUT2D eigenvalue weighted by Crippen LogP contribution is 2.01.